The summed E-state index contributed by atoms with van der Waals surface area (Å²) in [6.07, 6.45) is 0. The Morgan fingerprint density at radius 3 is 1.78 bits per heavy atom. The second-order valence-electron chi connectivity index (χ2n) is 6.70. The van der Waals surface area contributed by atoms with Crippen LogP contribution >= 0.6 is 27.7 Å². The van der Waals surface area contributed by atoms with Gasteiger partial charge in [0.15, 0.2) is 0 Å². The van der Waals surface area contributed by atoms with Gasteiger partial charge in [0.05, 0.1) is 5.41 Å². The summed E-state index contributed by atoms with van der Waals surface area (Å²) < 4.78 is 1.15. The van der Waals surface area contributed by atoms with Gasteiger partial charge in [0.1, 0.15) is 0 Å². The Labute approximate surface area is 172 Å². The zero-order valence-corrected chi connectivity index (χ0v) is 17.0. The van der Waals surface area contributed by atoms with Gasteiger partial charge in [-0.25, -0.2) is 0 Å². The highest BCUT2D eigenvalue weighted by Gasteiger charge is 2.44. The first-order chi connectivity index (χ1) is 13.3. The lowest BCUT2D eigenvalue weighted by Gasteiger charge is -2.42. The molecule has 0 amide bonds. The van der Waals surface area contributed by atoms with Gasteiger partial charge in [-0.3, -0.25) is 0 Å². The Balaban J connectivity index is 1.99. The largest absolute Gasteiger partial charge is 0.0882 e. The van der Waals surface area contributed by atoms with Crippen molar-refractivity contribution >= 4 is 27.7 Å². The summed E-state index contributed by atoms with van der Waals surface area (Å²) in [6, 6.07) is 37.1. The molecule has 0 radical (unpaired) electrons. The molecule has 0 aromatic heterocycles. The molecular weight excluding hydrogens is 412 g/mol. The molecule has 1 aliphatic rings. The molecule has 1 aliphatic heterocycles. The minimum atomic E-state index is -0.330. The Hall–Kier alpha value is -2.29. The Morgan fingerprint density at radius 1 is 0.556 bits per heavy atom. The minimum Gasteiger partial charge on any atom is -0.0882 e. The van der Waals surface area contributed by atoms with Gasteiger partial charge in [-0.15, -0.1) is 0 Å². The second kappa shape index (κ2) is 6.70. The van der Waals surface area contributed by atoms with Crippen molar-refractivity contribution < 1.29 is 0 Å². The van der Waals surface area contributed by atoms with Crippen molar-refractivity contribution in [2.45, 2.75) is 15.2 Å². The van der Waals surface area contributed by atoms with E-state index in [0.717, 1.165) is 4.47 Å². The lowest BCUT2D eigenvalue weighted by Crippen LogP contribution is -2.34. The summed E-state index contributed by atoms with van der Waals surface area (Å²) in [5, 5.41) is 0. The number of hydrogen-bond acceptors (Lipinski definition) is 1. The number of rotatable bonds is 2. The molecule has 5 rings (SSSR count). The van der Waals surface area contributed by atoms with Gasteiger partial charge in [-0.1, -0.05) is 103 Å². The van der Waals surface area contributed by atoms with E-state index in [1.54, 1.807) is 0 Å². The topological polar surface area (TPSA) is 0 Å². The lowest BCUT2D eigenvalue weighted by atomic mass is 9.65. The van der Waals surface area contributed by atoms with E-state index in [2.05, 4.69) is 119 Å². The van der Waals surface area contributed by atoms with Gasteiger partial charge < -0.3 is 0 Å². The Kier molecular flexibility index (Phi) is 4.18. The molecule has 4 aromatic carbocycles. The minimum absolute atomic E-state index is 0.330. The molecule has 2 heteroatoms. The van der Waals surface area contributed by atoms with Crippen LogP contribution in [0.4, 0.5) is 0 Å². The molecule has 1 heterocycles. The first-order valence-corrected chi connectivity index (χ1v) is 10.6. The van der Waals surface area contributed by atoms with Crippen molar-refractivity contribution in [3.05, 3.63) is 130 Å². The van der Waals surface area contributed by atoms with Crippen LogP contribution in [0.25, 0.3) is 0 Å². The van der Waals surface area contributed by atoms with Crippen LogP contribution in [0, 0.1) is 0 Å². The van der Waals surface area contributed by atoms with E-state index in [1.165, 1.54) is 32.0 Å². The fourth-order valence-electron chi connectivity index (χ4n) is 4.19. The van der Waals surface area contributed by atoms with E-state index in [1.807, 2.05) is 11.8 Å². The quantitative estimate of drug-likeness (QED) is 0.284. The molecule has 4 aromatic rings. The van der Waals surface area contributed by atoms with Gasteiger partial charge in [-0.05, 0) is 50.3 Å². The molecule has 0 saturated carbocycles. The van der Waals surface area contributed by atoms with Gasteiger partial charge >= 0.3 is 0 Å². The predicted molar refractivity (Wildman–Crippen MR) is 117 cm³/mol. The Bertz CT molecular complexity index is 1060. The third-order valence-corrected chi connectivity index (χ3v) is 7.43. The second-order valence-corrected chi connectivity index (χ2v) is 8.60. The molecule has 0 fully saturated rings. The van der Waals surface area contributed by atoms with E-state index in [9.17, 15) is 0 Å². The lowest BCUT2D eigenvalue weighted by molar-refractivity contribution is 0.701. The number of halogens is 1. The van der Waals surface area contributed by atoms with Crippen LogP contribution in [-0.2, 0) is 5.41 Å². The molecular formula is C25H17BrS. The third-order valence-electron chi connectivity index (χ3n) is 5.29. The molecule has 0 unspecified atom stereocenters. The van der Waals surface area contributed by atoms with E-state index in [-0.39, 0.29) is 5.41 Å². The van der Waals surface area contributed by atoms with Crippen LogP contribution < -0.4 is 0 Å². The van der Waals surface area contributed by atoms with Crippen LogP contribution in [0.3, 0.4) is 0 Å². The maximum absolute atomic E-state index is 3.81. The van der Waals surface area contributed by atoms with Gasteiger partial charge in [-0.2, -0.15) is 0 Å². The van der Waals surface area contributed by atoms with Crippen molar-refractivity contribution in [3.8, 4) is 0 Å². The van der Waals surface area contributed by atoms with E-state index >= 15 is 0 Å². The summed E-state index contributed by atoms with van der Waals surface area (Å²) in [7, 11) is 0. The van der Waals surface area contributed by atoms with Gasteiger partial charge in [0.25, 0.3) is 0 Å². The summed E-state index contributed by atoms with van der Waals surface area (Å²) in [6.45, 7) is 0. The molecule has 0 bridgehead atoms. The monoisotopic (exact) mass is 428 g/mol. The first kappa shape index (κ1) is 16.9. The fraction of sp³-hybridized carbons (Fsp3) is 0.0400. The van der Waals surface area contributed by atoms with Gasteiger partial charge in [0, 0.05) is 14.3 Å². The Morgan fingerprint density at radius 2 is 1.11 bits per heavy atom. The van der Waals surface area contributed by atoms with Crippen LogP contribution in [0.5, 0.6) is 0 Å². The molecule has 0 saturated heterocycles. The van der Waals surface area contributed by atoms with Crippen LogP contribution in [0.1, 0.15) is 22.3 Å². The van der Waals surface area contributed by atoms with Gasteiger partial charge in [0.2, 0.25) is 0 Å². The van der Waals surface area contributed by atoms with E-state index in [4.69, 9.17) is 0 Å². The number of hydrogen-bond donors (Lipinski definition) is 0. The highest BCUT2D eigenvalue weighted by molar-refractivity contribution is 9.10. The first-order valence-electron chi connectivity index (χ1n) is 8.99. The summed E-state index contributed by atoms with van der Waals surface area (Å²) in [5.41, 5.74) is 4.94. The average molecular weight is 429 g/mol. The zero-order chi connectivity index (χ0) is 18.3. The van der Waals surface area contributed by atoms with Crippen molar-refractivity contribution in [1.82, 2.24) is 0 Å². The molecule has 0 nitrogen and oxygen atoms in total. The predicted octanol–water partition coefficient (Wildman–Crippen LogP) is 7.30. The number of fused-ring (bicyclic) bond motifs is 2. The smallest absolute Gasteiger partial charge is 0.0723 e. The van der Waals surface area contributed by atoms with Crippen LogP contribution in [0.15, 0.2) is 117 Å². The van der Waals surface area contributed by atoms with Crippen molar-refractivity contribution in [2.24, 2.45) is 0 Å². The molecule has 27 heavy (non-hydrogen) atoms. The zero-order valence-electron chi connectivity index (χ0n) is 14.6. The fourth-order valence-corrected chi connectivity index (χ4v) is 6.00. The van der Waals surface area contributed by atoms with Crippen molar-refractivity contribution in [2.75, 3.05) is 0 Å². The van der Waals surface area contributed by atoms with Crippen LogP contribution in [-0.4, -0.2) is 0 Å². The summed E-state index contributed by atoms with van der Waals surface area (Å²) in [4.78, 5) is 2.61. The van der Waals surface area contributed by atoms with Crippen molar-refractivity contribution in [1.29, 1.82) is 0 Å². The normalized spacial score (nSPS) is 14.3. The maximum atomic E-state index is 3.81. The average Bonchev–Trinajstić information content (AvgIpc) is 2.74. The molecule has 0 spiro atoms. The van der Waals surface area contributed by atoms with E-state index < -0.39 is 0 Å². The summed E-state index contributed by atoms with van der Waals surface area (Å²) in [5.74, 6) is 0. The molecule has 130 valence electrons. The van der Waals surface area contributed by atoms with E-state index in [0.29, 0.717) is 0 Å². The third kappa shape index (κ3) is 2.51. The maximum Gasteiger partial charge on any atom is 0.0723 e. The summed E-state index contributed by atoms with van der Waals surface area (Å²) >= 11 is 5.66. The van der Waals surface area contributed by atoms with Crippen molar-refractivity contribution in [3.63, 3.8) is 0 Å². The SMILES string of the molecule is Brc1cccc2c1Sc1ccccc1C2(c1ccccc1)c1ccccc1. The molecule has 0 atom stereocenters. The van der Waals surface area contributed by atoms with Crippen LogP contribution in [0.2, 0.25) is 0 Å². The standard InChI is InChI=1S/C25H17BrS/c26-22-16-9-15-21-24(22)27-23-17-8-7-14-20(23)25(21,18-10-3-1-4-11-18)19-12-5-2-6-13-19/h1-17H. The highest BCUT2D eigenvalue weighted by Crippen LogP contribution is 2.56. The number of benzene rings is 4. The molecule has 0 aliphatic carbocycles. The highest BCUT2D eigenvalue weighted by atomic mass is 79.9. The molecule has 0 N–H and O–H groups in total.